The van der Waals surface area contributed by atoms with E-state index in [0.717, 1.165) is 22.5 Å². The highest BCUT2D eigenvalue weighted by Gasteiger charge is 2.26. The average Bonchev–Trinajstić information content (AvgIpc) is 3.08. The van der Waals surface area contributed by atoms with Crippen LogP contribution in [0.5, 0.6) is 0 Å². The van der Waals surface area contributed by atoms with Gasteiger partial charge in [-0.3, -0.25) is 4.79 Å². The lowest BCUT2D eigenvalue weighted by molar-refractivity contribution is -0.119. The number of fused-ring (bicyclic) bond motifs is 1. The van der Waals surface area contributed by atoms with Gasteiger partial charge in [0, 0.05) is 17.6 Å². The quantitative estimate of drug-likeness (QED) is 0.588. The van der Waals surface area contributed by atoms with Crippen LogP contribution in [0, 0.1) is 0 Å². The Labute approximate surface area is 167 Å². The van der Waals surface area contributed by atoms with Gasteiger partial charge in [0.15, 0.2) is 0 Å². The molecule has 1 aliphatic rings. The minimum Gasteiger partial charge on any atom is -0.318 e. The molecule has 0 saturated heterocycles. The molecule has 0 unspecified atom stereocenters. The van der Waals surface area contributed by atoms with Crippen molar-refractivity contribution in [2.24, 2.45) is 0 Å². The van der Waals surface area contributed by atoms with Crippen LogP contribution >= 0.6 is 0 Å². The number of para-hydroxylation sites is 3. The molecule has 0 aliphatic heterocycles. The number of carbonyl (C=O) groups is 1. The molecule has 0 bridgehead atoms. The van der Waals surface area contributed by atoms with Crippen LogP contribution in [0.25, 0.3) is 11.0 Å². The molecule has 0 spiro atoms. The van der Waals surface area contributed by atoms with Crippen molar-refractivity contribution in [1.82, 2.24) is 9.55 Å². The Bertz CT molecular complexity index is 939. The fourth-order valence-corrected chi connectivity index (χ4v) is 4.46. The van der Waals surface area contributed by atoms with Crippen molar-refractivity contribution in [2.75, 3.05) is 4.90 Å². The van der Waals surface area contributed by atoms with E-state index in [-0.39, 0.29) is 11.9 Å². The molecule has 0 radical (unpaired) electrons. The maximum atomic E-state index is 13.4. The molecule has 4 rings (SSSR count). The molecule has 1 fully saturated rings. The third-order valence-electron chi connectivity index (χ3n) is 5.77. The topological polar surface area (TPSA) is 38.1 Å². The van der Waals surface area contributed by atoms with Crippen molar-refractivity contribution in [1.29, 1.82) is 0 Å². The highest BCUT2D eigenvalue weighted by molar-refractivity contribution is 5.94. The van der Waals surface area contributed by atoms with Gasteiger partial charge in [-0.15, -0.1) is 0 Å². The second-order valence-corrected chi connectivity index (χ2v) is 8.07. The number of nitrogens with zero attached hydrogens (tertiary/aromatic N) is 3. The van der Waals surface area contributed by atoms with Crippen molar-refractivity contribution in [2.45, 2.75) is 64.5 Å². The van der Waals surface area contributed by atoms with Crippen molar-refractivity contribution >= 4 is 22.6 Å². The summed E-state index contributed by atoms with van der Waals surface area (Å²) in [5.41, 5.74) is 3.01. The fraction of sp³-hybridized carbons (Fsp3) is 0.417. The lowest BCUT2D eigenvalue weighted by Gasteiger charge is -2.28. The Hall–Kier alpha value is -2.62. The Balaban J connectivity index is 1.70. The maximum Gasteiger partial charge on any atom is 0.247 e. The van der Waals surface area contributed by atoms with E-state index in [1.165, 1.54) is 32.1 Å². The molecule has 4 heteroatoms. The van der Waals surface area contributed by atoms with Crippen molar-refractivity contribution in [3.05, 3.63) is 60.4 Å². The molecule has 1 heterocycles. The van der Waals surface area contributed by atoms with Crippen LogP contribution in [-0.4, -0.2) is 21.5 Å². The van der Waals surface area contributed by atoms with E-state index in [0.29, 0.717) is 12.5 Å². The van der Waals surface area contributed by atoms with Crippen LogP contribution in [0.4, 0.5) is 5.69 Å². The summed E-state index contributed by atoms with van der Waals surface area (Å²) in [6.45, 7) is 4.47. The van der Waals surface area contributed by atoms with E-state index in [1.807, 2.05) is 47.4 Å². The van der Waals surface area contributed by atoms with Crippen molar-refractivity contribution in [3.8, 4) is 0 Å². The van der Waals surface area contributed by atoms with Crippen LogP contribution in [-0.2, 0) is 11.3 Å². The van der Waals surface area contributed by atoms with Gasteiger partial charge in [0.25, 0.3) is 0 Å². The van der Waals surface area contributed by atoms with Gasteiger partial charge in [-0.25, -0.2) is 4.98 Å². The number of benzene rings is 2. The predicted molar refractivity (Wildman–Crippen MR) is 115 cm³/mol. The van der Waals surface area contributed by atoms with Crippen LogP contribution in [0.15, 0.2) is 54.6 Å². The van der Waals surface area contributed by atoms with Crippen LogP contribution in [0.2, 0.25) is 0 Å². The summed E-state index contributed by atoms with van der Waals surface area (Å²) in [6.07, 6.45) is 6.16. The third kappa shape index (κ3) is 3.68. The molecule has 4 nitrogen and oxygen atoms in total. The van der Waals surface area contributed by atoms with Crippen molar-refractivity contribution in [3.63, 3.8) is 0 Å². The lowest BCUT2D eigenvalue weighted by Crippen LogP contribution is -2.39. The molecule has 3 aromatic rings. The van der Waals surface area contributed by atoms with Crippen LogP contribution in [0.1, 0.15) is 57.7 Å². The third-order valence-corrected chi connectivity index (χ3v) is 5.77. The Morgan fingerprint density at radius 3 is 2.43 bits per heavy atom. The van der Waals surface area contributed by atoms with Gasteiger partial charge < -0.3 is 9.47 Å². The minimum absolute atomic E-state index is 0.0998. The van der Waals surface area contributed by atoms with Crippen LogP contribution in [0.3, 0.4) is 0 Å². The Morgan fingerprint density at radius 1 is 1.04 bits per heavy atom. The molecule has 1 amide bonds. The van der Waals surface area contributed by atoms with Crippen LogP contribution < -0.4 is 4.90 Å². The molecular formula is C24H29N3O. The summed E-state index contributed by atoms with van der Waals surface area (Å²) < 4.78 is 2.17. The second-order valence-electron chi connectivity index (χ2n) is 8.07. The van der Waals surface area contributed by atoms with E-state index < -0.39 is 0 Å². The molecule has 1 aliphatic carbocycles. The summed E-state index contributed by atoms with van der Waals surface area (Å²) in [5, 5.41) is 0. The van der Waals surface area contributed by atoms with E-state index >= 15 is 0 Å². The second kappa shape index (κ2) is 8.17. The highest BCUT2D eigenvalue weighted by atomic mass is 16.2. The minimum atomic E-state index is 0.0998. The first-order valence-corrected chi connectivity index (χ1v) is 10.5. The van der Waals surface area contributed by atoms with E-state index in [4.69, 9.17) is 4.98 Å². The first-order chi connectivity index (χ1) is 13.6. The Kier molecular flexibility index (Phi) is 5.47. The summed E-state index contributed by atoms with van der Waals surface area (Å²) in [5.74, 6) is 1.66. The summed E-state index contributed by atoms with van der Waals surface area (Å²) in [4.78, 5) is 20.3. The number of anilines is 1. The molecule has 0 atom stereocenters. The van der Waals surface area contributed by atoms with E-state index in [9.17, 15) is 4.79 Å². The number of amides is 1. The monoisotopic (exact) mass is 375 g/mol. The first kappa shape index (κ1) is 18.7. The number of imidazole rings is 1. The maximum absolute atomic E-state index is 13.4. The molecule has 1 aromatic heterocycles. The zero-order valence-electron chi connectivity index (χ0n) is 16.8. The lowest BCUT2D eigenvalue weighted by atomic mass is 9.88. The summed E-state index contributed by atoms with van der Waals surface area (Å²) in [7, 11) is 0. The molecular weight excluding hydrogens is 346 g/mol. The van der Waals surface area contributed by atoms with E-state index in [1.54, 1.807) is 0 Å². The highest BCUT2D eigenvalue weighted by Crippen LogP contribution is 2.34. The number of rotatable bonds is 5. The molecule has 28 heavy (non-hydrogen) atoms. The zero-order valence-corrected chi connectivity index (χ0v) is 16.8. The standard InChI is InChI=1S/C24H29N3O/c1-18(2)27(20-13-7-4-8-14-20)23(28)17-26-22-16-10-9-15-21(22)25-24(26)19-11-5-3-6-12-19/h4,7-10,13-16,18-19H,3,5-6,11-12,17H2,1-2H3. The average molecular weight is 376 g/mol. The van der Waals surface area contributed by atoms with Gasteiger partial charge in [0.1, 0.15) is 12.4 Å². The normalized spacial score (nSPS) is 15.2. The molecule has 2 aromatic carbocycles. The van der Waals surface area contributed by atoms with Gasteiger partial charge in [-0.2, -0.15) is 0 Å². The number of hydrogen-bond acceptors (Lipinski definition) is 2. The number of aromatic nitrogens is 2. The molecule has 146 valence electrons. The molecule has 1 saturated carbocycles. The van der Waals surface area contributed by atoms with Gasteiger partial charge in [0.05, 0.1) is 11.0 Å². The number of hydrogen-bond donors (Lipinski definition) is 0. The number of carbonyl (C=O) groups excluding carboxylic acids is 1. The predicted octanol–water partition coefficient (Wildman–Crippen LogP) is 5.53. The van der Waals surface area contributed by atoms with E-state index in [2.05, 4.69) is 30.5 Å². The summed E-state index contributed by atoms with van der Waals surface area (Å²) >= 11 is 0. The molecule has 0 N–H and O–H groups in total. The smallest absolute Gasteiger partial charge is 0.247 e. The SMILES string of the molecule is CC(C)N(C(=O)Cn1c(C2CCCCC2)nc2ccccc21)c1ccccc1. The Morgan fingerprint density at radius 2 is 1.71 bits per heavy atom. The van der Waals surface area contributed by atoms with Gasteiger partial charge in [0.2, 0.25) is 5.91 Å². The zero-order chi connectivity index (χ0) is 19.5. The van der Waals surface area contributed by atoms with Gasteiger partial charge >= 0.3 is 0 Å². The van der Waals surface area contributed by atoms with Gasteiger partial charge in [-0.05, 0) is 51.0 Å². The summed E-state index contributed by atoms with van der Waals surface area (Å²) in [6, 6.07) is 18.3. The first-order valence-electron chi connectivity index (χ1n) is 10.5. The largest absolute Gasteiger partial charge is 0.318 e. The van der Waals surface area contributed by atoms with Gasteiger partial charge in [-0.1, -0.05) is 49.6 Å². The fourth-order valence-electron chi connectivity index (χ4n) is 4.46. The van der Waals surface area contributed by atoms with Crippen molar-refractivity contribution < 1.29 is 4.79 Å².